The zero-order valence-electron chi connectivity index (χ0n) is 9.09. The molecule has 1 aliphatic carbocycles. The van der Waals surface area contributed by atoms with E-state index >= 15 is 0 Å². The molecule has 1 fully saturated rings. The van der Waals surface area contributed by atoms with Crippen molar-refractivity contribution in [2.45, 2.75) is 26.4 Å². The van der Waals surface area contributed by atoms with Crippen LogP contribution in [0.1, 0.15) is 20.3 Å². The summed E-state index contributed by atoms with van der Waals surface area (Å²) >= 11 is 3.29. The minimum atomic E-state index is -0.467. The van der Waals surface area contributed by atoms with Crippen molar-refractivity contribution in [1.29, 1.82) is 0 Å². The van der Waals surface area contributed by atoms with Gasteiger partial charge in [-0.15, -0.1) is 0 Å². The van der Waals surface area contributed by atoms with Gasteiger partial charge < -0.3 is 4.74 Å². The number of hydrogen-bond donors (Lipinski definition) is 0. The molecule has 0 radical (unpaired) electrons. The van der Waals surface area contributed by atoms with Crippen LogP contribution in [0.3, 0.4) is 0 Å². The maximum Gasteiger partial charge on any atom is 0.145 e. The molecule has 1 aromatic rings. The predicted molar refractivity (Wildman–Crippen MR) is 61.9 cm³/mol. The van der Waals surface area contributed by atoms with Gasteiger partial charge in [0, 0.05) is 12.5 Å². The number of benzene rings is 1. The van der Waals surface area contributed by atoms with Crippen molar-refractivity contribution in [3.05, 3.63) is 28.5 Å². The monoisotopic (exact) mass is 286 g/mol. The van der Waals surface area contributed by atoms with Gasteiger partial charge in [-0.3, -0.25) is 4.79 Å². The van der Waals surface area contributed by atoms with Crippen LogP contribution in [0.5, 0.6) is 5.75 Å². The van der Waals surface area contributed by atoms with Gasteiger partial charge in [-0.05, 0) is 41.9 Å². The molecular formula is C12H12BrFO2. The summed E-state index contributed by atoms with van der Waals surface area (Å²) in [5.41, 5.74) is -0.467. The highest BCUT2D eigenvalue weighted by atomic mass is 79.9. The lowest BCUT2D eigenvalue weighted by Crippen LogP contribution is -2.53. The fourth-order valence-corrected chi connectivity index (χ4v) is 1.98. The third-order valence-corrected chi connectivity index (χ3v) is 3.71. The van der Waals surface area contributed by atoms with Crippen LogP contribution in [0.4, 0.5) is 4.39 Å². The van der Waals surface area contributed by atoms with Crippen molar-refractivity contribution in [1.82, 2.24) is 0 Å². The molecule has 0 bridgehead atoms. The Balaban J connectivity index is 2.16. The van der Waals surface area contributed by atoms with Crippen molar-refractivity contribution in [2.75, 3.05) is 0 Å². The Hall–Kier alpha value is -0.900. The highest BCUT2D eigenvalue weighted by molar-refractivity contribution is 9.10. The molecule has 0 heterocycles. The van der Waals surface area contributed by atoms with E-state index in [1.807, 2.05) is 13.8 Å². The van der Waals surface area contributed by atoms with Gasteiger partial charge in [0.15, 0.2) is 0 Å². The van der Waals surface area contributed by atoms with Crippen LogP contribution in [0.25, 0.3) is 0 Å². The minimum Gasteiger partial charge on any atom is -0.488 e. The molecule has 0 N–H and O–H groups in total. The Morgan fingerprint density at radius 2 is 2.19 bits per heavy atom. The molecule has 1 unspecified atom stereocenters. The third-order valence-electron chi connectivity index (χ3n) is 3.06. The van der Waals surface area contributed by atoms with E-state index in [0.717, 1.165) is 0 Å². The fraction of sp³-hybridized carbons (Fsp3) is 0.417. The number of hydrogen-bond acceptors (Lipinski definition) is 2. The molecule has 86 valence electrons. The van der Waals surface area contributed by atoms with Crippen molar-refractivity contribution in [3.8, 4) is 5.75 Å². The van der Waals surface area contributed by atoms with E-state index in [1.165, 1.54) is 12.1 Å². The van der Waals surface area contributed by atoms with Gasteiger partial charge in [-0.25, -0.2) is 4.39 Å². The number of ketones is 1. The van der Waals surface area contributed by atoms with Crippen LogP contribution < -0.4 is 4.74 Å². The number of rotatable bonds is 2. The van der Waals surface area contributed by atoms with Gasteiger partial charge in [0.05, 0.1) is 9.89 Å². The number of carbonyl (C=O) groups is 1. The van der Waals surface area contributed by atoms with E-state index in [2.05, 4.69) is 15.9 Å². The first-order valence-corrected chi connectivity index (χ1v) is 5.85. The Morgan fingerprint density at radius 1 is 1.50 bits per heavy atom. The molecular weight excluding hydrogens is 275 g/mol. The molecule has 0 amide bonds. The van der Waals surface area contributed by atoms with Gasteiger partial charge in [0.1, 0.15) is 23.5 Å². The summed E-state index contributed by atoms with van der Waals surface area (Å²) in [5, 5.41) is 0. The summed E-state index contributed by atoms with van der Waals surface area (Å²) in [7, 11) is 0. The summed E-state index contributed by atoms with van der Waals surface area (Å²) in [5.74, 6) is 0.289. The van der Waals surface area contributed by atoms with Gasteiger partial charge in [0.25, 0.3) is 0 Å². The molecule has 1 aromatic carbocycles. The lowest BCUT2D eigenvalue weighted by Gasteiger charge is -2.42. The van der Waals surface area contributed by atoms with Crippen molar-refractivity contribution in [3.63, 3.8) is 0 Å². The quantitative estimate of drug-likeness (QED) is 0.834. The summed E-state index contributed by atoms with van der Waals surface area (Å²) < 4.78 is 19.4. The first kappa shape index (κ1) is 11.6. The fourth-order valence-electron chi connectivity index (χ4n) is 1.64. The molecule has 1 aliphatic rings. The lowest BCUT2D eigenvalue weighted by atomic mass is 9.68. The lowest BCUT2D eigenvalue weighted by molar-refractivity contribution is -0.148. The zero-order valence-corrected chi connectivity index (χ0v) is 10.7. The molecule has 0 saturated heterocycles. The standard InChI is InChI=1S/C12H12BrFO2/c1-12(2)10(15)6-11(12)16-9-5-7(14)3-4-8(9)13/h3-5,11H,6H2,1-2H3. The van der Waals surface area contributed by atoms with Gasteiger partial charge >= 0.3 is 0 Å². The second kappa shape index (κ2) is 3.84. The maximum absolute atomic E-state index is 13.0. The largest absolute Gasteiger partial charge is 0.488 e. The highest BCUT2D eigenvalue weighted by Gasteiger charge is 2.49. The Bertz CT molecular complexity index is 443. The Morgan fingerprint density at radius 3 is 2.75 bits per heavy atom. The topological polar surface area (TPSA) is 26.3 Å². The molecule has 1 atom stereocenters. The van der Waals surface area contributed by atoms with Crippen molar-refractivity contribution >= 4 is 21.7 Å². The second-order valence-electron chi connectivity index (χ2n) is 4.53. The van der Waals surface area contributed by atoms with E-state index in [1.54, 1.807) is 6.07 Å². The predicted octanol–water partition coefficient (Wildman–Crippen LogP) is 3.33. The Kier molecular flexibility index (Phi) is 2.78. The second-order valence-corrected chi connectivity index (χ2v) is 5.38. The minimum absolute atomic E-state index is 0.168. The average molecular weight is 287 g/mol. The van der Waals surface area contributed by atoms with Crippen LogP contribution >= 0.6 is 15.9 Å². The van der Waals surface area contributed by atoms with E-state index in [4.69, 9.17) is 4.74 Å². The molecule has 0 spiro atoms. The SMILES string of the molecule is CC1(C)C(=O)CC1Oc1cc(F)ccc1Br. The molecule has 0 aromatic heterocycles. The zero-order chi connectivity index (χ0) is 11.9. The van der Waals surface area contributed by atoms with Crippen LogP contribution in [-0.2, 0) is 4.79 Å². The molecule has 0 aliphatic heterocycles. The van der Waals surface area contributed by atoms with E-state index < -0.39 is 5.41 Å². The summed E-state index contributed by atoms with van der Waals surface area (Å²) in [6, 6.07) is 4.27. The molecule has 2 rings (SSSR count). The first-order chi connectivity index (χ1) is 7.41. The van der Waals surface area contributed by atoms with Crippen LogP contribution in [0, 0.1) is 11.2 Å². The molecule has 4 heteroatoms. The van der Waals surface area contributed by atoms with Gasteiger partial charge in [-0.1, -0.05) is 0 Å². The smallest absolute Gasteiger partial charge is 0.145 e. The van der Waals surface area contributed by atoms with E-state index in [0.29, 0.717) is 16.6 Å². The summed E-state index contributed by atoms with van der Waals surface area (Å²) in [6.07, 6.45) is 0.230. The van der Waals surface area contributed by atoms with Crippen LogP contribution in [0.15, 0.2) is 22.7 Å². The molecule has 1 saturated carbocycles. The number of ether oxygens (including phenoxy) is 1. The van der Waals surface area contributed by atoms with Crippen molar-refractivity contribution in [2.24, 2.45) is 5.41 Å². The number of carbonyl (C=O) groups excluding carboxylic acids is 1. The van der Waals surface area contributed by atoms with Crippen LogP contribution in [-0.4, -0.2) is 11.9 Å². The Labute approximate surface area is 102 Å². The van der Waals surface area contributed by atoms with Crippen LogP contribution in [0.2, 0.25) is 0 Å². The van der Waals surface area contributed by atoms with Crippen molar-refractivity contribution < 1.29 is 13.9 Å². The first-order valence-electron chi connectivity index (χ1n) is 5.06. The van der Waals surface area contributed by atoms with E-state index in [9.17, 15) is 9.18 Å². The normalized spacial score (nSPS) is 22.8. The molecule has 2 nitrogen and oxygen atoms in total. The summed E-state index contributed by atoms with van der Waals surface area (Å²) in [6.45, 7) is 3.69. The highest BCUT2D eigenvalue weighted by Crippen LogP contribution is 2.40. The van der Waals surface area contributed by atoms with Gasteiger partial charge in [-0.2, -0.15) is 0 Å². The van der Waals surface area contributed by atoms with Gasteiger partial charge in [0.2, 0.25) is 0 Å². The molecule has 16 heavy (non-hydrogen) atoms. The number of halogens is 2. The maximum atomic E-state index is 13.0. The summed E-state index contributed by atoms with van der Waals surface area (Å²) in [4.78, 5) is 11.3. The third kappa shape index (κ3) is 1.86. The average Bonchev–Trinajstić information content (AvgIpc) is 2.23. The van der Waals surface area contributed by atoms with E-state index in [-0.39, 0.29) is 17.7 Å². The number of Topliss-reactive ketones (excluding diaryl/α,β-unsaturated/α-hetero) is 1.